The number of benzene rings is 1. The van der Waals surface area contributed by atoms with Crippen LogP contribution in [-0.4, -0.2) is 24.7 Å². The van der Waals surface area contributed by atoms with Crippen LogP contribution in [0.2, 0.25) is 0 Å². The second-order valence-electron chi connectivity index (χ2n) is 2.67. The van der Waals surface area contributed by atoms with E-state index in [9.17, 15) is 8.42 Å². The van der Waals surface area contributed by atoms with Gasteiger partial charge in [0.25, 0.3) is 0 Å². The smallest absolute Gasteiger partial charge is 0.397 e. The van der Waals surface area contributed by atoms with Crippen molar-refractivity contribution >= 4 is 10.4 Å². The summed E-state index contributed by atoms with van der Waals surface area (Å²) in [7, 11) is -4.35. The van der Waals surface area contributed by atoms with Crippen LogP contribution in [0.4, 0.5) is 0 Å². The van der Waals surface area contributed by atoms with Crippen LogP contribution < -0.4 is 0 Å². The molecule has 0 amide bonds. The van der Waals surface area contributed by atoms with Gasteiger partial charge in [-0.25, -0.2) is 4.18 Å². The molecule has 1 aromatic rings. The van der Waals surface area contributed by atoms with Crippen LogP contribution in [0.3, 0.4) is 0 Å². The van der Waals surface area contributed by atoms with Crippen molar-refractivity contribution in [1.82, 2.24) is 0 Å². The molecule has 0 spiro atoms. The van der Waals surface area contributed by atoms with E-state index < -0.39 is 10.4 Å². The molecule has 1 rings (SSSR count). The number of hydrogen-bond donors (Lipinski definition) is 2. The van der Waals surface area contributed by atoms with Crippen molar-refractivity contribution in [2.45, 2.75) is 6.42 Å². The third-order valence-electron chi connectivity index (χ3n) is 1.56. The summed E-state index contributed by atoms with van der Waals surface area (Å²) in [4.78, 5) is 0. The first-order valence-corrected chi connectivity index (χ1v) is 5.23. The highest BCUT2D eigenvalue weighted by atomic mass is 32.3. The second kappa shape index (κ2) is 4.41. The molecule has 0 aliphatic heterocycles. The van der Waals surface area contributed by atoms with Gasteiger partial charge in [-0.2, -0.15) is 8.42 Å². The van der Waals surface area contributed by atoms with E-state index in [-0.39, 0.29) is 12.4 Å². The number of hydrogen-bond acceptors (Lipinski definition) is 4. The molecule has 0 aliphatic rings. The molecule has 0 fully saturated rings. The van der Waals surface area contributed by atoms with E-state index in [4.69, 9.17) is 9.66 Å². The van der Waals surface area contributed by atoms with E-state index in [1.807, 2.05) is 0 Å². The van der Waals surface area contributed by atoms with E-state index in [0.717, 1.165) is 5.56 Å². The summed E-state index contributed by atoms with van der Waals surface area (Å²) in [6, 6.07) is 6.26. The van der Waals surface area contributed by atoms with E-state index in [2.05, 4.69) is 4.18 Å². The molecule has 14 heavy (non-hydrogen) atoms. The molecule has 0 heterocycles. The molecule has 1 aromatic carbocycles. The molecular weight excluding hydrogens is 208 g/mol. The maximum absolute atomic E-state index is 10.2. The summed E-state index contributed by atoms with van der Waals surface area (Å²) in [5, 5.41) is 8.94. The minimum atomic E-state index is -4.35. The standard InChI is InChI=1S/C8H10O5S/c9-8-3-1-7(2-4-8)5-6-13-14(10,11)12/h1-4,9H,5-6H2,(H,10,11,12). The fourth-order valence-corrected chi connectivity index (χ4v) is 1.22. The van der Waals surface area contributed by atoms with Gasteiger partial charge in [-0.1, -0.05) is 12.1 Å². The monoisotopic (exact) mass is 218 g/mol. The lowest BCUT2D eigenvalue weighted by atomic mass is 10.2. The lowest BCUT2D eigenvalue weighted by Crippen LogP contribution is -2.06. The zero-order chi connectivity index (χ0) is 10.6. The van der Waals surface area contributed by atoms with E-state index in [0.29, 0.717) is 6.42 Å². The van der Waals surface area contributed by atoms with Gasteiger partial charge < -0.3 is 5.11 Å². The summed E-state index contributed by atoms with van der Waals surface area (Å²) in [6.07, 6.45) is 0.347. The molecule has 0 bridgehead atoms. The Morgan fingerprint density at radius 2 is 1.79 bits per heavy atom. The first-order valence-electron chi connectivity index (χ1n) is 3.87. The molecule has 78 valence electrons. The van der Waals surface area contributed by atoms with Gasteiger partial charge in [0.15, 0.2) is 0 Å². The number of phenols is 1. The van der Waals surface area contributed by atoms with Crippen molar-refractivity contribution in [2.75, 3.05) is 6.61 Å². The zero-order valence-electron chi connectivity index (χ0n) is 7.25. The molecule has 0 unspecified atom stereocenters. The summed E-state index contributed by atoms with van der Waals surface area (Å²) >= 11 is 0. The van der Waals surface area contributed by atoms with Crippen molar-refractivity contribution in [2.24, 2.45) is 0 Å². The predicted molar refractivity (Wildman–Crippen MR) is 49.3 cm³/mol. The molecular formula is C8H10O5S. The Hall–Kier alpha value is -1.11. The second-order valence-corrected chi connectivity index (χ2v) is 3.76. The Labute approximate surface area is 81.9 Å². The minimum Gasteiger partial charge on any atom is -0.508 e. The quantitative estimate of drug-likeness (QED) is 0.729. The molecule has 0 aromatic heterocycles. The predicted octanol–water partition coefficient (Wildman–Crippen LogP) is 0.754. The Morgan fingerprint density at radius 1 is 1.21 bits per heavy atom. The summed E-state index contributed by atoms with van der Waals surface area (Å²) < 4.78 is 32.7. The van der Waals surface area contributed by atoms with Gasteiger partial charge in [0.1, 0.15) is 5.75 Å². The highest BCUT2D eigenvalue weighted by Gasteiger charge is 2.03. The fourth-order valence-electron chi connectivity index (χ4n) is 0.927. The highest BCUT2D eigenvalue weighted by Crippen LogP contribution is 2.10. The lowest BCUT2D eigenvalue weighted by molar-refractivity contribution is 0.272. The Balaban J connectivity index is 2.43. The molecule has 6 heteroatoms. The van der Waals surface area contributed by atoms with Crippen LogP contribution in [0.5, 0.6) is 5.75 Å². The first-order chi connectivity index (χ1) is 6.47. The summed E-state index contributed by atoms with van der Waals surface area (Å²) in [5.41, 5.74) is 0.812. The topological polar surface area (TPSA) is 83.8 Å². The largest absolute Gasteiger partial charge is 0.508 e. The van der Waals surface area contributed by atoms with Gasteiger partial charge in [0, 0.05) is 0 Å². The maximum Gasteiger partial charge on any atom is 0.397 e. The molecule has 0 saturated carbocycles. The third-order valence-corrected chi connectivity index (χ3v) is 2.02. The SMILES string of the molecule is O=S(=O)(O)OCCc1ccc(O)cc1. The molecule has 5 nitrogen and oxygen atoms in total. The van der Waals surface area contributed by atoms with Gasteiger partial charge in [-0.05, 0) is 24.1 Å². The van der Waals surface area contributed by atoms with Gasteiger partial charge >= 0.3 is 10.4 Å². The number of phenolic OH excluding ortho intramolecular Hbond substituents is 1. The average Bonchev–Trinajstić information content (AvgIpc) is 2.06. The maximum atomic E-state index is 10.2. The normalized spacial score (nSPS) is 11.5. The number of aromatic hydroxyl groups is 1. The Bertz CT molecular complexity index is 381. The Kier molecular flexibility index (Phi) is 3.45. The van der Waals surface area contributed by atoms with Gasteiger partial charge in [0.05, 0.1) is 6.61 Å². The van der Waals surface area contributed by atoms with Gasteiger partial charge in [-0.3, -0.25) is 4.55 Å². The zero-order valence-corrected chi connectivity index (χ0v) is 8.07. The third kappa shape index (κ3) is 4.22. The number of rotatable bonds is 4. The van der Waals surface area contributed by atoms with Crippen molar-refractivity contribution in [3.63, 3.8) is 0 Å². The van der Waals surface area contributed by atoms with Crippen molar-refractivity contribution in [1.29, 1.82) is 0 Å². The van der Waals surface area contributed by atoms with Crippen molar-refractivity contribution < 1.29 is 22.3 Å². The van der Waals surface area contributed by atoms with Crippen LogP contribution in [0.15, 0.2) is 24.3 Å². The fraction of sp³-hybridized carbons (Fsp3) is 0.250. The molecule has 0 aliphatic carbocycles. The first kappa shape index (κ1) is 11.0. The van der Waals surface area contributed by atoms with E-state index in [1.165, 1.54) is 12.1 Å². The van der Waals surface area contributed by atoms with Crippen LogP contribution in [0.25, 0.3) is 0 Å². The van der Waals surface area contributed by atoms with Gasteiger partial charge in [0.2, 0.25) is 0 Å². The minimum absolute atomic E-state index is 0.121. The lowest BCUT2D eigenvalue weighted by Gasteiger charge is -2.00. The van der Waals surface area contributed by atoms with Crippen LogP contribution in [0.1, 0.15) is 5.56 Å². The van der Waals surface area contributed by atoms with Crippen LogP contribution in [-0.2, 0) is 21.0 Å². The molecule has 0 radical (unpaired) electrons. The van der Waals surface area contributed by atoms with Crippen LogP contribution >= 0.6 is 0 Å². The summed E-state index contributed by atoms with van der Waals surface area (Å²) in [6.45, 7) is -0.121. The summed E-state index contributed by atoms with van der Waals surface area (Å²) in [5.74, 6) is 0.143. The van der Waals surface area contributed by atoms with Gasteiger partial charge in [-0.15, -0.1) is 0 Å². The van der Waals surface area contributed by atoms with Crippen molar-refractivity contribution in [3.05, 3.63) is 29.8 Å². The molecule has 0 atom stereocenters. The van der Waals surface area contributed by atoms with Crippen molar-refractivity contribution in [3.8, 4) is 5.75 Å². The molecule has 0 saturated heterocycles. The average molecular weight is 218 g/mol. The van der Waals surface area contributed by atoms with E-state index in [1.54, 1.807) is 12.1 Å². The molecule has 2 N–H and O–H groups in total. The van der Waals surface area contributed by atoms with Crippen LogP contribution in [0, 0.1) is 0 Å². The Morgan fingerprint density at radius 3 is 2.29 bits per heavy atom. The highest BCUT2D eigenvalue weighted by molar-refractivity contribution is 7.80. The van der Waals surface area contributed by atoms with E-state index >= 15 is 0 Å².